The molecule has 7 rings (SSSR count). The average Bonchev–Trinajstić information content (AvgIpc) is 3.44. The number of hydrogen-bond acceptors (Lipinski definition) is 10. The molecule has 1 atom stereocenters. The van der Waals surface area contributed by atoms with Crippen LogP contribution in [0.3, 0.4) is 0 Å². The molecule has 14 heteroatoms. The van der Waals surface area contributed by atoms with Gasteiger partial charge in [-0.25, -0.2) is 0 Å². The molecule has 1 aliphatic carbocycles. The van der Waals surface area contributed by atoms with Crippen molar-refractivity contribution in [1.82, 2.24) is 30.6 Å². The van der Waals surface area contributed by atoms with E-state index in [1.165, 1.54) is 0 Å². The summed E-state index contributed by atoms with van der Waals surface area (Å²) in [7, 11) is 0. The number of anilines is 1. The van der Waals surface area contributed by atoms with E-state index in [0.717, 1.165) is 75.4 Å². The maximum absolute atomic E-state index is 13.0. The number of amides is 4. The van der Waals surface area contributed by atoms with Crippen molar-refractivity contribution < 1.29 is 23.9 Å². The van der Waals surface area contributed by atoms with Gasteiger partial charge in [0.25, 0.3) is 11.8 Å². The molecular formula is C36H37ClN8O5. The van der Waals surface area contributed by atoms with E-state index < -0.39 is 11.9 Å². The SMILES string of the molecule is N#Cc1ccc(O[C@H]2CC[C@H](NC(=O)c3ccc(N4CCN(Cc5ccc6c(c5)CN(C5CCC(=O)NC5=O)C6=O)CC4)nn3)CC2)cc1Cl. The molecule has 0 bridgehead atoms. The van der Waals surface area contributed by atoms with E-state index in [1.807, 2.05) is 30.3 Å². The smallest absolute Gasteiger partial charge is 0.272 e. The number of carbonyl (C=O) groups is 4. The Hall–Kier alpha value is -5.06. The molecule has 3 fully saturated rings. The molecule has 3 aliphatic heterocycles. The number of rotatable bonds is 8. The number of halogens is 1. The average molecular weight is 697 g/mol. The summed E-state index contributed by atoms with van der Waals surface area (Å²) in [5, 5.41) is 23.5. The van der Waals surface area contributed by atoms with Crippen molar-refractivity contribution >= 4 is 41.0 Å². The Labute approximate surface area is 294 Å². The molecular weight excluding hydrogens is 660 g/mol. The zero-order chi connectivity index (χ0) is 34.8. The summed E-state index contributed by atoms with van der Waals surface area (Å²) < 4.78 is 6.06. The quantitative estimate of drug-likeness (QED) is 0.335. The van der Waals surface area contributed by atoms with Gasteiger partial charge in [-0.1, -0.05) is 23.7 Å². The Kier molecular flexibility index (Phi) is 9.65. The highest BCUT2D eigenvalue weighted by Crippen LogP contribution is 2.30. The number of carbonyl (C=O) groups excluding carboxylic acids is 4. The van der Waals surface area contributed by atoms with Crippen molar-refractivity contribution in [2.75, 3.05) is 31.1 Å². The van der Waals surface area contributed by atoms with Crippen molar-refractivity contribution in [3.8, 4) is 11.8 Å². The molecule has 2 N–H and O–H groups in total. The van der Waals surface area contributed by atoms with Crippen molar-refractivity contribution in [1.29, 1.82) is 5.26 Å². The third kappa shape index (κ3) is 7.27. The summed E-state index contributed by atoms with van der Waals surface area (Å²) in [6, 6.07) is 16.0. The molecule has 2 saturated heterocycles. The first-order chi connectivity index (χ1) is 24.2. The Balaban J connectivity index is 0.853. The van der Waals surface area contributed by atoms with Gasteiger partial charge in [0.05, 0.1) is 16.7 Å². The van der Waals surface area contributed by atoms with Gasteiger partial charge in [-0.2, -0.15) is 5.26 Å². The van der Waals surface area contributed by atoms with E-state index in [9.17, 15) is 19.2 Å². The highest BCUT2D eigenvalue weighted by Gasteiger charge is 2.39. The number of imide groups is 1. The first kappa shape index (κ1) is 33.4. The molecule has 4 aliphatic rings. The monoisotopic (exact) mass is 696 g/mol. The third-order valence-electron chi connectivity index (χ3n) is 9.95. The molecule has 4 heterocycles. The van der Waals surface area contributed by atoms with Gasteiger partial charge in [-0.3, -0.25) is 29.4 Å². The molecule has 1 saturated carbocycles. The number of aromatic nitrogens is 2. The largest absolute Gasteiger partial charge is 0.490 e. The molecule has 3 aromatic rings. The van der Waals surface area contributed by atoms with Crippen molar-refractivity contribution in [2.45, 2.75) is 69.8 Å². The summed E-state index contributed by atoms with van der Waals surface area (Å²) in [4.78, 5) is 56.0. The van der Waals surface area contributed by atoms with Crippen LogP contribution in [0.5, 0.6) is 5.75 Å². The lowest BCUT2D eigenvalue weighted by Crippen LogP contribution is -2.52. The molecule has 1 unspecified atom stereocenters. The van der Waals surface area contributed by atoms with E-state index in [-0.39, 0.29) is 42.0 Å². The Morgan fingerprint density at radius 1 is 0.980 bits per heavy atom. The maximum Gasteiger partial charge on any atom is 0.272 e. The van der Waals surface area contributed by atoms with Crippen LogP contribution >= 0.6 is 11.6 Å². The second kappa shape index (κ2) is 14.4. The highest BCUT2D eigenvalue weighted by molar-refractivity contribution is 6.31. The number of piperidine rings is 1. The number of nitrogens with one attached hydrogen (secondary N) is 2. The van der Waals surface area contributed by atoms with E-state index in [0.29, 0.717) is 34.9 Å². The van der Waals surface area contributed by atoms with Gasteiger partial charge in [-0.05, 0) is 73.6 Å². The van der Waals surface area contributed by atoms with Gasteiger partial charge in [-0.15, -0.1) is 10.2 Å². The Morgan fingerprint density at radius 3 is 2.48 bits per heavy atom. The molecule has 50 heavy (non-hydrogen) atoms. The molecule has 13 nitrogen and oxygen atoms in total. The van der Waals surface area contributed by atoms with Crippen LogP contribution in [-0.2, 0) is 22.7 Å². The highest BCUT2D eigenvalue weighted by atomic mass is 35.5. The standard InChI is InChI=1S/C36H37ClN8O5/c37-29-18-27(5-2-23(29)19-38)50-26-6-3-25(4-7-26)39-34(47)30-9-11-32(42-41-30)44-15-13-43(14-16-44)20-22-1-8-28-24(17-22)21-45(36(28)49)31-10-12-33(46)40-35(31)48/h1-2,5,8-9,11,17-18,25-26,31H,3-4,6-7,10,12-16,20-21H2,(H,39,47)(H,40,46,48)/t25-,26-,31?. The van der Waals surface area contributed by atoms with Crippen LogP contribution < -0.4 is 20.3 Å². The van der Waals surface area contributed by atoms with Crippen molar-refractivity contribution in [3.63, 3.8) is 0 Å². The van der Waals surface area contributed by atoms with Gasteiger partial charge in [0, 0.05) is 63.4 Å². The predicted octanol–water partition coefficient (Wildman–Crippen LogP) is 3.20. The number of fused-ring (bicyclic) bond motifs is 1. The first-order valence-corrected chi connectivity index (χ1v) is 17.4. The van der Waals surface area contributed by atoms with Gasteiger partial charge < -0.3 is 19.9 Å². The van der Waals surface area contributed by atoms with Crippen molar-refractivity contribution in [3.05, 3.63) is 81.5 Å². The van der Waals surface area contributed by atoms with Crippen LogP contribution in [0.4, 0.5) is 5.82 Å². The summed E-state index contributed by atoms with van der Waals surface area (Å²) >= 11 is 6.13. The fraction of sp³-hybridized carbons (Fsp3) is 0.417. The van der Waals surface area contributed by atoms with Crippen LogP contribution in [0.25, 0.3) is 0 Å². The van der Waals surface area contributed by atoms with Gasteiger partial charge in [0.15, 0.2) is 11.5 Å². The minimum absolute atomic E-state index is 0.0172. The summed E-state index contributed by atoms with van der Waals surface area (Å²) in [5.74, 6) is 0.255. The zero-order valence-corrected chi connectivity index (χ0v) is 28.2. The number of nitrogens with zero attached hydrogens (tertiary/aromatic N) is 6. The Morgan fingerprint density at radius 2 is 1.78 bits per heavy atom. The van der Waals surface area contributed by atoms with E-state index >= 15 is 0 Å². The van der Waals surface area contributed by atoms with E-state index in [2.05, 4.69) is 30.6 Å². The maximum atomic E-state index is 13.0. The molecule has 2 aromatic carbocycles. The van der Waals surface area contributed by atoms with Crippen molar-refractivity contribution in [2.24, 2.45) is 0 Å². The van der Waals surface area contributed by atoms with Crippen LogP contribution in [0.1, 0.15) is 76.1 Å². The molecule has 1 aromatic heterocycles. The topological polar surface area (TPSA) is 161 Å². The molecule has 258 valence electrons. The summed E-state index contributed by atoms with van der Waals surface area (Å²) in [6.07, 6.45) is 3.73. The van der Waals surface area contributed by atoms with Gasteiger partial charge in [0.2, 0.25) is 11.8 Å². The lowest BCUT2D eigenvalue weighted by atomic mass is 9.93. The Bertz CT molecular complexity index is 1850. The number of hydrogen-bond donors (Lipinski definition) is 2. The van der Waals surface area contributed by atoms with Gasteiger partial charge >= 0.3 is 0 Å². The summed E-state index contributed by atoms with van der Waals surface area (Å²) in [5.41, 5.74) is 3.31. The van der Waals surface area contributed by atoms with E-state index in [4.69, 9.17) is 21.6 Å². The zero-order valence-electron chi connectivity index (χ0n) is 27.4. The van der Waals surface area contributed by atoms with E-state index in [1.54, 1.807) is 29.2 Å². The fourth-order valence-electron chi connectivity index (χ4n) is 7.17. The normalized spacial score (nSPS) is 22.5. The minimum Gasteiger partial charge on any atom is -0.490 e. The lowest BCUT2D eigenvalue weighted by molar-refractivity contribution is -0.136. The minimum atomic E-state index is -0.620. The molecule has 4 amide bonds. The first-order valence-electron chi connectivity index (χ1n) is 17.0. The second-order valence-electron chi connectivity index (χ2n) is 13.2. The van der Waals surface area contributed by atoms with Crippen LogP contribution in [0, 0.1) is 11.3 Å². The second-order valence-corrected chi connectivity index (χ2v) is 13.7. The molecule has 0 spiro atoms. The molecule has 0 radical (unpaired) electrons. The lowest BCUT2D eigenvalue weighted by Gasteiger charge is -2.35. The fourth-order valence-corrected chi connectivity index (χ4v) is 7.38. The van der Waals surface area contributed by atoms with Crippen LogP contribution in [0.2, 0.25) is 5.02 Å². The van der Waals surface area contributed by atoms with Gasteiger partial charge in [0.1, 0.15) is 17.9 Å². The van der Waals surface area contributed by atoms with Crippen LogP contribution in [-0.4, -0.2) is 88.0 Å². The summed E-state index contributed by atoms with van der Waals surface area (Å²) in [6.45, 7) is 4.23. The van der Waals surface area contributed by atoms with Crippen LogP contribution in [0.15, 0.2) is 48.5 Å². The third-order valence-corrected chi connectivity index (χ3v) is 10.3. The number of nitriles is 1. The number of ether oxygens (including phenoxy) is 1. The number of benzene rings is 2. The predicted molar refractivity (Wildman–Crippen MR) is 182 cm³/mol. The number of piperazine rings is 1.